The third kappa shape index (κ3) is 10.7. The van der Waals surface area contributed by atoms with Gasteiger partial charge in [-0.3, -0.25) is 19.3 Å². The van der Waals surface area contributed by atoms with Crippen molar-refractivity contribution in [1.82, 2.24) is 40.5 Å². The van der Waals surface area contributed by atoms with Crippen LogP contribution < -0.4 is 16.0 Å². The van der Waals surface area contributed by atoms with Gasteiger partial charge in [-0.1, -0.05) is 45.0 Å². The first-order chi connectivity index (χ1) is 25.8. The number of carbonyl (C=O) groups excluding carboxylic acids is 3. The van der Waals surface area contributed by atoms with Gasteiger partial charge in [0.2, 0.25) is 17.7 Å². The molecule has 12 nitrogen and oxygen atoms in total. The van der Waals surface area contributed by atoms with E-state index in [4.69, 9.17) is 0 Å². The summed E-state index contributed by atoms with van der Waals surface area (Å²) >= 11 is 1.60. The number of nitrogens with one attached hydrogen (secondary N) is 3. The molecule has 4 N–H and O–H groups in total. The summed E-state index contributed by atoms with van der Waals surface area (Å²) in [6.07, 6.45) is 4.49. The number of nitrogens with zero attached hydrogens (tertiary/aromatic N) is 5. The summed E-state index contributed by atoms with van der Waals surface area (Å²) in [7, 11) is 0. The molecule has 1 aromatic heterocycles. The Balaban J connectivity index is 0.961. The van der Waals surface area contributed by atoms with E-state index in [2.05, 4.69) is 35.6 Å². The minimum atomic E-state index is -0.840. The predicted octanol–water partition coefficient (Wildman–Crippen LogP) is 3.12. The van der Waals surface area contributed by atoms with Gasteiger partial charge in [-0.2, -0.15) is 0 Å². The average molecular weight is 765 g/mol. The van der Waals surface area contributed by atoms with Crippen LogP contribution in [0.25, 0.3) is 10.4 Å². The van der Waals surface area contributed by atoms with Crippen LogP contribution in [0.4, 0.5) is 0 Å². The lowest BCUT2D eigenvalue weighted by molar-refractivity contribution is -0.144. The molecule has 298 valence electrons. The highest BCUT2D eigenvalue weighted by molar-refractivity contribution is 7.13. The molecule has 4 aliphatic rings. The van der Waals surface area contributed by atoms with Crippen LogP contribution in [-0.4, -0.2) is 144 Å². The van der Waals surface area contributed by atoms with E-state index < -0.39 is 23.6 Å². The number of aliphatic hydroxyl groups is 1. The van der Waals surface area contributed by atoms with Gasteiger partial charge in [-0.15, -0.1) is 11.3 Å². The number of hydrogen-bond acceptors (Lipinski definition) is 10. The van der Waals surface area contributed by atoms with Crippen LogP contribution in [0.2, 0.25) is 0 Å². The lowest BCUT2D eigenvalue weighted by Gasteiger charge is -2.40. The first-order valence-corrected chi connectivity index (χ1v) is 21.2. The number of likely N-dealkylation sites (tertiary alicyclic amines) is 2. The number of aliphatic hydroxyl groups excluding tert-OH is 1. The maximum absolute atomic E-state index is 14.2. The van der Waals surface area contributed by atoms with Crippen molar-refractivity contribution in [3.05, 3.63) is 41.0 Å². The summed E-state index contributed by atoms with van der Waals surface area (Å²) < 4.78 is 0. The van der Waals surface area contributed by atoms with Crippen molar-refractivity contribution in [1.29, 1.82) is 0 Å². The van der Waals surface area contributed by atoms with Gasteiger partial charge in [-0.25, -0.2) is 4.98 Å². The molecule has 0 unspecified atom stereocenters. The number of amides is 3. The zero-order chi connectivity index (χ0) is 38.4. The second-order valence-electron chi connectivity index (χ2n) is 17.4. The summed E-state index contributed by atoms with van der Waals surface area (Å²) in [6.45, 7) is 20.7. The normalized spacial score (nSPS) is 24.0. The van der Waals surface area contributed by atoms with E-state index in [9.17, 15) is 19.5 Å². The summed E-state index contributed by atoms with van der Waals surface area (Å²) in [4.78, 5) is 55.7. The third-order valence-electron chi connectivity index (χ3n) is 12.1. The molecule has 0 aliphatic carbocycles. The molecule has 4 saturated heterocycles. The van der Waals surface area contributed by atoms with Gasteiger partial charge in [0.15, 0.2) is 0 Å². The van der Waals surface area contributed by atoms with Crippen LogP contribution in [0.1, 0.15) is 77.1 Å². The summed E-state index contributed by atoms with van der Waals surface area (Å²) in [5.74, 6) is 0.756. The predicted molar refractivity (Wildman–Crippen MR) is 214 cm³/mol. The first kappa shape index (κ1) is 40.7. The fourth-order valence-corrected chi connectivity index (χ4v) is 9.51. The average Bonchev–Trinajstić information content (AvgIpc) is 3.77. The van der Waals surface area contributed by atoms with E-state index in [1.54, 1.807) is 11.3 Å². The number of hydrogen-bond donors (Lipinski definition) is 4. The van der Waals surface area contributed by atoms with Gasteiger partial charge < -0.3 is 35.8 Å². The second kappa shape index (κ2) is 18.3. The largest absolute Gasteiger partial charge is 0.391 e. The molecule has 6 rings (SSSR count). The van der Waals surface area contributed by atoms with Crippen LogP contribution >= 0.6 is 11.3 Å². The van der Waals surface area contributed by atoms with Gasteiger partial charge in [0, 0.05) is 52.2 Å². The molecule has 0 spiro atoms. The summed E-state index contributed by atoms with van der Waals surface area (Å²) in [5.41, 5.74) is 4.24. The number of β-amino-alcohol motifs (C(OH)–C–C–N with tert-alkyl or cyclic N) is 1. The number of piperidine rings is 2. The van der Waals surface area contributed by atoms with Crippen molar-refractivity contribution in [3.8, 4) is 10.4 Å². The molecule has 54 heavy (non-hydrogen) atoms. The fraction of sp³-hybridized carbons (Fsp3) is 0.707. The highest BCUT2D eigenvalue weighted by Gasteiger charge is 2.45. The highest BCUT2D eigenvalue weighted by atomic mass is 32.1. The molecule has 4 fully saturated rings. The molecule has 5 heterocycles. The van der Waals surface area contributed by atoms with Gasteiger partial charge in [0.1, 0.15) is 12.1 Å². The van der Waals surface area contributed by atoms with Crippen molar-refractivity contribution in [3.63, 3.8) is 0 Å². The lowest BCUT2D eigenvalue weighted by atomic mass is 9.85. The SMILES string of the molecule is Cc1ncsc1-c1ccc([C@H](C)NC(=O)[C@@H]2C[C@@H](O)CN2C(=O)[C@@H](NC(=O)CN2CCN(CC3CCN(CC4CCNCC4)CC3)CC2)C(C)(C)C)cc1. The van der Waals surface area contributed by atoms with E-state index >= 15 is 0 Å². The Kier molecular flexibility index (Phi) is 13.8. The number of carbonyl (C=O) groups is 3. The molecule has 0 bridgehead atoms. The zero-order valence-electron chi connectivity index (χ0n) is 33.2. The number of thiazole rings is 1. The van der Waals surface area contributed by atoms with Crippen molar-refractivity contribution in [2.45, 2.75) is 91.0 Å². The molecule has 0 radical (unpaired) electrons. The first-order valence-electron chi connectivity index (χ1n) is 20.3. The quantitative estimate of drug-likeness (QED) is 0.258. The monoisotopic (exact) mass is 764 g/mol. The molecule has 4 atom stereocenters. The maximum atomic E-state index is 14.2. The van der Waals surface area contributed by atoms with Crippen LogP contribution in [0, 0.1) is 24.2 Å². The molecule has 1 aromatic carbocycles. The second-order valence-corrected chi connectivity index (χ2v) is 18.3. The highest BCUT2D eigenvalue weighted by Crippen LogP contribution is 2.30. The van der Waals surface area contributed by atoms with Crippen molar-refractivity contribution in [2.24, 2.45) is 17.3 Å². The minimum absolute atomic E-state index is 0.0515. The molecule has 3 amide bonds. The maximum Gasteiger partial charge on any atom is 0.246 e. The number of aryl methyl sites for hydroxylation is 1. The van der Waals surface area contributed by atoms with Gasteiger partial charge >= 0.3 is 0 Å². The fourth-order valence-electron chi connectivity index (χ4n) is 8.70. The molecular formula is C41H64N8O4S. The van der Waals surface area contributed by atoms with Gasteiger partial charge in [0.25, 0.3) is 0 Å². The Labute approximate surface area is 326 Å². The Morgan fingerprint density at radius 1 is 0.907 bits per heavy atom. The van der Waals surface area contributed by atoms with Crippen LogP contribution in [0.5, 0.6) is 0 Å². The zero-order valence-corrected chi connectivity index (χ0v) is 34.0. The van der Waals surface area contributed by atoms with E-state index in [1.807, 2.05) is 64.4 Å². The van der Waals surface area contributed by atoms with E-state index in [1.165, 1.54) is 63.3 Å². The Morgan fingerprint density at radius 2 is 1.52 bits per heavy atom. The van der Waals surface area contributed by atoms with E-state index in [0.29, 0.717) is 0 Å². The number of benzene rings is 1. The van der Waals surface area contributed by atoms with Gasteiger partial charge in [0.05, 0.1) is 34.8 Å². The number of piperazine rings is 1. The third-order valence-corrected chi connectivity index (χ3v) is 13.1. The minimum Gasteiger partial charge on any atom is -0.391 e. The van der Waals surface area contributed by atoms with Crippen molar-refractivity contribution in [2.75, 3.05) is 78.5 Å². The smallest absolute Gasteiger partial charge is 0.246 e. The lowest BCUT2D eigenvalue weighted by Crippen LogP contribution is -2.59. The van der Waals surface area contributed by atoms with Crippen molar-refractivity contribution >= 4 is 29.1 Å². The Hall–Kier alpha value is -2.94. The number of rotatable bonds is 12. The Morgan fingerprint density at radius 3 is 2.13 bits per heavy atom. The molecule has 13 heteroatoms. The van der Waals surface area contributed by atoms with E-state index in [0.717, 1.165) is 66.3 Å². The number of aromatic nitrogens is 1. The van der Waals surface area contributed by atoms with Gasteiger partial charge in [-0.05, 0) is 94.1 Å². The van der Waals surface area contributed by atoms with Crippen LogP contribution in [-0.2, 0) is 14.4 Å². The molecule has 0 saturated carbocycles. The van der Waals surface area contributed by atoms with Crippen molar-refractivity contribution < 1.29 is 19.5 Å². The molecule has 4 aliphatic heterocycles. The summed E-state index contributed by atoms with van der Waals surface area (Å²) in [6, 6.07) is 6.09. The standard InChI is InChI=1S/C41H64N8O4S/c1-28(32-6-8-33(9-7-32)37-29(2)43-27-54-37)44-39(52)35-22-34(50)25-49(35)40(53)38(41(3,4)5)45-36(51)26-48-20-18-47(19-21-48)24-31-12-16-46(17-13-31)23-30-10-14-42-15-11-30/h6-9,27-28,30-31,34-35,38,42,50H,10-26H2,1-5H3,(H,44,52)(H,45,51)/t28-,34+,35-,38+/m0/s1. The summed E-state index contributed by atoms with van der Waals surface area (Å²) in [5, 5.41) is 20.3. The van der Waals surface area contributed by atoms with Crippen LogP contribution in [0.3, 0.4) is 0 Å². The van der Waals surface area contributed by atoms with E-state index in [-0.39, 0.29) is 43.3 Å². The Bertz CT molecular complexity index is 1540. The molecular weight excluding hydrogens is 701 g/mol. The van der Waals surface area contributed by atoms with Crippen LogP contribution in [0.15, 0.2) is 29.8 Å². The molecule has 2 aromatic rings. The topological polar surface area (TPSA) is 133 Å².